The maximum atomic E-state index is 14.5. The normalized spacial score (nSPS) is 11.9. The predicted molar refractivity (Wildman–Crippen MR) is 181 cm³/mol. The number of halogens is 2. The van der Waals surface area contributed by atoms with Crippen molar-refractivity contribution in [3.8, 4) is 0 Å². The van der Waals surface area contributed by atoms with Gasteiger partial charge in [0.1, 0.15) is 12.6 Å². The number of carbonyl (C=O) groups is 2. The van der Waals surface area contributed by atoms with Gasteiger partial charge < -0.3 is 10.2 Å². The third-order valence-electron chi connectivity index (χ3n) is 7.38. The van der Waals surface area contributed by atoms with E-state index in [2.05, 4.69) is 5.32 Å². The monoisotopic (exact) mass is 665 g/mol. The third kappa shape index (κ3) is 8.87. The Morgan fingerprint density at radius 3 is 2.11 bits per heavy atom. The lowest BCUT2D eigenvalue weighted by Gasteiger charge is -2.34. The van der Waals surface area contributed by atoms with Crippen molar-refractivity contribution in [2.24, 2.45) is 0 Å². The fourth-order valence-electron chi connectivity index (χ4n) is 4.87. The number of rotatable bonds is 14. The molecule has 236 valence electrons. The average Bonchev–Trinajstić information content (AvgIpc) is 3.04. The van der Waals surface area contributed by atoms with Crippen LogP contribution in [0.4, 0.5) is 5.69 Å². The first-order valence-electron chi connectivity index (χ1n) is 14.8. The minimum absolute atomic E-state index is 0.00491. The fraction of sp³-hybridized carbons (Fsp3) is 0.257. The highest BCUT2D eigenvalue weighted by Crippen LogP contribution is 2.35. The van der Waals surface area contributed by atoms with Gasteiger partial charge in [0.15, 0.2) is 0 Å². The van der Waals surface area contributed by atoms with E-state index in [1.54, 1.807) is 30.3 Å². The minimum Gasteiger partial charge on any atom is -0.354 e. The molecule has 0 radical (unpaired) electrons. The molecule has 1 atom stereocenters. The quantitative estimate of drug-likeness (QED) is 0.146. The second-order valence-electron chi connectivity index (χ2n) is 10.8. The maximum absolute atomic E-state index is 14.5. The first kappa shape index (κ1) is 34.0. The zero-order valence-corrected chi connectivity index (χ0v) is 27.7. The number of carbonyl (C=O) groups excluding carboxylic acids is 2. The van der Waals surface area contributed by atoms with Gasteiger partial charge in [-0.1, -0.05) is 121 Å². The van der Waals surface area contributed by atoms with Gasteiger partial charge in [0, 0.05) is 19.5 Å². The van der Waals surface area contributed by atoms with Gasteiger partial charge in [-0.15, -0.1) is 0 Å². The Morgan fingerprint density at radius 1 is 0.822 bits per heavy atom. The Morgan fingerprint density at radius 2 is 1.47 bits per heavy atom. The number of hydrogen-bond donors (Lipinski definition) is 1. The van der Waals surface area contributed by atoms with E-state index in [9.17, 15) is 18.0 Å². The zero-order valence-electron chi connectivity index (χ0n) is 25.3. The molecule has 1 N–H and O–H groups in total. The van der Waals surface area contributed by atoms with Crippen molar-refractivity contribution >= 4 is 50.7 Å². The maximum Gasteiger partial charge on any atom is 0.264 e. The highest BCUT2D eigenvalue weighted by atomic mass is 35.5. The average molecular weight is 667 g/mol. The number of unbranched alkanes of at least 4 members (excludes halogenated alkanes) is 1. The zero-order chi connectivity index (χ0) is 32.4. The van der Waals surface area contributed by atoms with Gasteiger partial charge in [0.2, 0.25) is 11.8 Å². The Balaban J connectivity index is 1.81. The van der Waals surface area contributed by atoms with Crippen molar-refractivity contribution in [2.75, 3.05) is 17.4 Å². The molecule has 4 rings (SSSR count). The van der Waals surface area contributed by atoms with Crippen LogP contribution in [0.25, 0.3) is 0 Å². The van der Waals surface area contributed by atoms with Crippen LogP contribution in [0.1, 0.15) is 36.5 Å². The predicted octanol–water partition coefficient (Wildman–Crippen LogP) is 7.05. The summed E-state index contributed by atoms with van der Waals surface area (Å²) in [6.45, 7) is 3.92. The summed E-state index contributed by atoms with van der Waals surface area (Å²) in [6.07, 6.45) is 1.91. The van der Waals surface area contributed by atoms with Crippen LogP contribution in [0.15, 0.2) is 108 Å². The Hall–Kier alpha value is -3.85. The van der Waals surface area contributed by atoms with Gasteiger partial charge in [-0.05, 0) is 48.7 Å². The molecule has 10 heteroatoms. The van der Waals surface area contributed by atoms with E-state index in [-0.39, 0.29) is 39.5 Å². The van der Waals surface area contributed by atoms with Gasteiger partial charge in [0.05, 0.1) is 20.6 Å². The molecule has 0 heterocycles. The topological polar surface area (TPSA) is 86.8 Å². The first-order chi connectivity index (χ1) is 21.6. The first-order valence-corrected chi connectivity index (χ1v) is 17.0. The fourth-order valence-corrected chi connectivity index (χ4v) is 6.76. The van der Waals surface area contributed by atoms with E-state index in [1.807, 2.05) is 68.4 Å². The van der Waals surface area contributed by atoms with E-state index in [0.29, 0.717) is 6.54 Å². The Bertz CT molecular complexity index is 1690. The van der Waals surface area contributed by atoms with Crippen molar-refractivity contribution in [1.29, 1.82) is 0 Å². The van der Waals surface area contributed by atoms with E-state index in [1.165, 1.54) is 23.1 Å². The number of anilines is 1. The van der Waals surface area contributed by atoms with Crippen LogP contribution in [-0.2, 0) is 32.6 Å². The molecule has 0 aliphatic carbocycles. The molecule has 2 amide bonds. The van der Waals surface area contributed by atoms with Gasteiger partial charge in [-0.2, -0.15) is 0 Å². The summed E-state index contributed by atoms with van der Waals surface area (Å²) in [5.74, 6) is -0.885. The van der Waals surface area contributed by atoms with Crippen LogP contribution in [0.5, 0.6) is 0 Å². The summed E-state index contributed by atoms with van der Waals surface area (Å²) >= 11 is 12.9. The second-order valence-corrected chi connectivity index (χ2v) is 13.4. The number of aryl methyl sites for hydroxylation is 1. The Labute approximate surface area is 275 Å². The summed E-state index contributed by atoms with van der Waals surface area (Å²) in [5.41, 5.74) is 2.77. The van der Waals surface area contributed by atoms with Crippen LogP contribution in [-0.4, -0.2) is 44.3 Å². The van der Waals surface area contributed by atoms with Gasteiger partial charge in [0.25, 0.3) is 10.0 Å². The van der Waals surface area contributed by atoms with Gasteiger partial charge in [-0.25, -0.2) is 8.42 Å². The highest BCUT2D eigenvalue weighted by Gasteiger charge is 2.35. The second kappa shape index (κ2) is 15.9. The van der Waals surface area contributed by atoms with E-state index in [4.69, 9.17) is 23.2 Å². The molecule has 0 bridgehead atoms. The van der Waals surface area contributed by atoms with E-state index < -0.39 is 28.5 Å². The summed E-state index contributed by atoms with van der Waals surface area (Å²) in [5, 5.41) is 3.13. The Kier molecular flexibility index (Phi) is 12.0. The van der Waals surface area contributed by atoms with Crippen molar-refractivity contribution in [2.45, 2.75) is 50.6 Å². The summed E-state index contributed by atoms with van der Waals surface area (Å²) in [6, 6.07) is 28.6. The minimum atomic E-state index is -4.28. The molecular weight excluding hydrogens is 629 g/mol. The van der Waals surface area contributed by atoms with Crippen LogP contribution >= 0.6 is 23.2 Å². The highest BCUT2D eigenvalue weighted by molar-refractivity contribution is 7.92. The number of amides is 2. The number of nitrogens with one attached hydrogen (secondary N) is 1. The third-order valence-corrected chi connectivity index (χ3v) is 9.97. The molecule has 0 fully saturated rings. The van der Waals surface area contributed by atoms with Crippen molar-refractivity contribution in [3.05, 3.63) is 130 Å². The standard InChI is InChI=1S/C35H37Cl2N3O4S/c1-3-4-22-38-35(42)32(23-27-12-7-5-8-13-27)39(24-28-20-18-26(2)19-21-28)33(41)25-40(31-17-11-16-30(36)34(31)37)45(43,44)29-14-9-6-10-15-29/h5-21,32H,3-4,22-25H2,1-2H3,(H,38,42)/t32-/m0/s1. The molecular formula is C35H37Cl2N3O4S. The molecule has 0 saturated heterocycles. The number of sulfonamides is 1. The molecule has 4 aromatic rings. The molecule has 0 saturated carbocycles. The van der Waals surface area contributed by atoms with Crippen LogP contribution < -0.4 is 9.62 Å². The lowest BCUT2D eigenvalue weighted by molar-refractivity contribution is -0.140. The number of benzene rings is 4. The van der Waals surface area contributed by atoms with Crippen LogP contribution in [0.3, 0.4) is 0 Å². The molecule has 0 aliphatic rings. The molecule has 0 unspecified atom stereocenters. The van der Waals surface area contributed by atoms with E-state index in [0.717, 1.165) is 33.8 Å². The molecule has 45 heavy (non-hydrogen) atoms. The molecule has 7 nitrogen and oxygen atoms in total. The summed E-state index contributed by atoms with van der Waals surface area (Å²) in [7, 11) is -4.28. The van der Waals surface area contributed by atoms with E-state index >= 15 is 0 Å². The van der Waals surface area contributed by atoms with Gasteiger partial charge in [-0.3, -0.25) is 13.9 Å². The van der Waals surface area contributed by atoms with Crippen molar-refractivity contribution in [1.82, 2.24) is 10.2 Å². The SMILES string of the molecule is CCCCNC(=O)[C@H](Cc1ccccc1)N(Cc1ccc(C)cc1)C(=O)CN(c1cccc(Cl)c1Cl)S(=O)(=O)c1ccccc1. The lowest BCUT2D eigenvalue weighted by atomic mass is 10.0. The van der Waals surface area contributed by atoms with Crippen LogP contribution in [0, 0.1) is 6.92 Å². The van der Waals surface area contributed by atoms with Crippen LogP contribution in [0.2, 0.25) is 10.0 Å². The lowest BCUT2D eigenvalue weighted by Crippen LogP contribution is -2.53. The number of hydrogen-bond acceptors (Lipinski definition) is 4. The van der Waals surface area contributed by atoms with Gasteiger partial charge >= 0.3 is 0 Å². The van der Waals surface area contributed by atoms with Crippen molar-refractivity contribution < 1.29 is 18.0 Å². The molecule has 0 spiro atoms. The summed E-state index contributed by atoms with van der Waals surface area (Å²) < 4.78 is 29.2. The summed E-state index contributed by atoms with van der Waals surface area (Å²) in [4.78, 5) is 29.8. The van der Waals surface area contributed by atoms with Crippen molar-refractivity contribution in [3.63, 3.8) is 0 Å². The number of nitrogens with zero attached hydrogens (tertiary/aromatic N) is 2. The smallest absolute Gasteiger partial charge is 0.264 e. The molecule has 0 aromatic heterocycles. The largest absolute Gasteiger partial charge is 0.354 e. The molecule has 0 aliphatic heterocycles. The molecule has 4 aromatic carbocycles.